The Labute approximate surface area is 183 Å². The zero-order valence-corrected chi connectivity index (χ0v) is 18.0. The molecule has 4 aromatic rings. The van der Waals surface area contributed by atoms with Crippen LogP contribution in [-0.2, 0) is 21.2 Å². The minimum absolute atomic E-state index is 0.0912. The molecule has 0 saturated carbocycles. The van der Waals surface area contributed by atoms with Gasteiger partial charge in [-0.2, -0.15) is 0 Å². The molecular weight excluding hydrogens is 435 g/mol. The lowest BCUT2D eigenvalue weighted by atomic mass is 10.1. The van der Waals surface area contributed by atoms with Gasteiger partial charge in [-0.3, -0.25) is 4.79 Å². The van der Waals surface area contributed by atoms with Crippen molar-refractivity contribution in [2.24, 2.45) is 0 Å². The number of nitrogens with one attached hydrogen (secondary N) is 1. The Bertz CT molecular complexity index is 1450. The number of halogens is 1. The van der Waals surface area contributed by atoms with Crippen molar-refractivity contribution in [3.05, 3.63) is 77.5 Å². The Morgan fingerprint density at radius 2 is 1.91 bits per heavy atom. The largest absolute Gasteiger partial charge is 0.481 e. The standard InChI is InChI=1S/C22H19FN4O4S/c1-13-4-3-5-21(25-13)26-20-9-7-16(12-24-20)32(30,31)27-14(2)17(11-22(28)29)18-10-15(23)6-8-19(18)27/h3-10,12H,11H2,1-2H3,(H,28,29)(H,24,25,26). The molecule has 1 aromatic carbocycles. The number of nitrogens with zero attached hydrogens (tertiary/aromatic N) is 3. The van der Waals surface area contributed by atoms with Gasteiger partial charge in [-0.15, -0.1) is 0 Å². The molecule has 0 fully saturated rings. The van der Waals surface area contributed by atoms with Gasteiger partial charge in [0.1, 0.15) is 22.3 Å². The van der Waals surface area contributed by atoms with Crippen molar-refractivity contribution in [1.29, 1.82) is 0 Å². The molecule has 3 heterocycles. The molecule has 0 aliphatic rings. The number of pyridine rings is 2. The van der Waals surface area contributed by atoms with Gasteiger partial charge < -0.3 is 10.4 Å². The molecule has 8 nitrogen and oxygen atoms in total. The summed E-state index contributed by atoms with van der Waals surface area (Å²) in [6.07, 6.45) is 0.776. The van der Waals surface area contributed by atoms with Gasteiger partial charge in [0.2, 0.25) is 0 Å². The van der Waals surface area contributed by atoms with Gasteiger partial charge in [0.25, 0.3) is 10.0 Å². The summed E-state index contributed by atoms with van der Waals surface area (Å²) in [6, 6.07) is 12.0. The molecule has 0 amide bonds. The Balaban J connectivity index is 1.76. The molecule has 2 N–H and O–H groups in total. The lowest BCUT2D eigenvalue weighted by Gasteiger charge is -2.11. The smallest absolute Gasteiger partial charge is 0.307 e. The topological polar surface area (TPSA) is 114 Å². The highest BCUT2D eigenvalue weighted by Gasteiger charge is 2.26. The summed E-state index contributed by atoms with van der Waals surface area (Å²) in [5, 5.41) is 12.5. The zero-order valence-electron chi connectivity index (χ0n) is 17.2. The van der Waals surface area contributed by atoms with Crippen molar-refractivity contribution < 1.29 is 22.7 Å². The van der Waals surface area contributed by atoms with Crippen LogP contribution in [0, 0.1) is 19.7 Å². The van der Waals surface area contributed by atoms with Crippen molar-refractivity contribution in [3.8, 4) is 0 Å². The van der Waals surface area contributed by atoms with Crippen LogP contribution in [0.5, 0.6) is 0 Å². The number of carbonyl (C=O) groups is 1. The van der Waals surface area contributed by atoms with Crippen molar-refractivity contribution in [1.82, 2.24) is 13.9 Å². The highest BCUT2D eigenvalue weighted by Crippen LogP contribution is 2.31. The van der Waals surface area contributed by atoms with E-state index in [0.29, 0.717) is 11.6 Å². The number of hydrogen-bond donors (Lipinski definition) is 2. The van der Waals surface area contributed by atoms with E-state index < -0.39 is 28.2 Å². The summed E-state index contributed by atoms with van der Waals surface area (Å²) in [4.78, 5) is 19.7. The molecule has 0 saturated heterocycles. The summed E-state index contributed by atoms with van der Waals surface area (Å²) in [5.74, 6) is -0.748. The summed E-state index contributed by atoms with van der Waals surface area (Å²) in [6.45, 7) is 3.35. The van der Waals surface area contributed by atoms with Crippen LogP contribution < -0.4 is 5.32 Å². The molecule has 0 spiro atoms. The summed E-state index contributed by atoms with van der Waals surface area (Å²) >= 11 is 0. The molecule has 0 aliphatic carbocycles. The third-order valence-electron chi connectivity index (χ3n) is 4.99. The Kier molecular flexibility index (Phi) is 5.39. The lowest BCUT2D eigenvalue weighted by Crippen LogP contribution is -2.15. The van der Waals surface area contributed by atoms with Crippen LogP contribution >= 0.6 is 0 Å². The van der Waals surface area contributed by atoms with E-state index in [-0.39, 0.29) is 27.1 Å². The lowest BCUT2D eigenvalue weighted by molar-refractivity contribution is -0.136. The van der Waals surface area contributed by atoms with Gasteiger partial charge in [-0.25, -0.2) is 26.7 Å². The van der Waals surface area contributed by atoms with Gasteiger partial charge >= 0.3 is 5.97 Å². The van der Waals surface area contributed by atoms with Gasteiger partial charge in [0.15, 0.2) is 0 Å². The minimum Gasteiger partial charge on any atom is -0.481 e. The van der Waals surface area contributed by atoms with Crippen molar-refractivity contribution in [3.63, 3.8) is 0 Å². The van der Waals surface area contributed by atoms with E-state index >= 15 is 0 Å². The van der Waals surface area contributed by atoms with Gasteiger partial charge in [0.05, 0.1) is 11.9 Å². The maximum absolute atomic E-state index is 13.8. The SMILES string of the molecule is Cc1cccc(Nc2ccc(S(=O)(=O)n3c(C)c(CC(=O)O)c4cc(F)ccc43)cn2)n1. The van der Waals surface area contributed by atoms with E-state index in [1.165, 1.54) is 31.3 Å². The first kappa shape index (κ1) is 21.4. The van der Waals surface area contributed by atoms with E-state index in [0.717, 1.165) is 21.8 Å². The summed E-state index contributed by atoms with van der Waals surface area (Å²) in [7, 11) is -4.13. The Morgan fingerprint density at radius 3 is 2.56 bits per heavy atom. The quantitative estimate of drug-likeness (QED) is 0.455. The monoisotopic (exact) mass is 454 g/mol. The van der Waals surface area contributed by atoms with Gasteiger partial charge in [0, 0.05) is 23.0 Å². The summed E-state index contributed by atoms with van der Waals surface area (Å²) < 4.78 is 41.7. The molecule has 0 bridgehead atoms. The number of rotatable bonds is 6. The number of hydrogen-bond acceptors (Lipinski definition) is 6. The third-order valence-corrected chi connectivity index (χ3v) is 6.78. The fourth-order valence-electron chi connectivity index (χ4n) is 3.57. The average Bonchev–Trinajstić information content (AvgIpc) is 2.99. The first-order valence-corrected chi connectivity index (χ1v) is 11.0. The number of aryl methyl sites for hydroxylation is 1. The second kappa shape index (κ2) is 8.04. The number of fused-ring (bicyclic) bond motifs is 1. The maximum Gasteiger partial charge on any atom is 0.307 e. The van der Waals surface area contributed by atoms with Crippen LogP contribution in [0.1, 0.15) is 17.0 Å². The molecule has 4 rings (SSSR count). The molecule has 3 aromatic heterocycles. The van der Waals surface area contributed by atoms with Crippen LogP contribution in [0.3, 0.4) is 0 Å². The number of carboxylic acid groups (broad SMARTS) is 1. The Morgan fingerprint density at radius 1 is 1.12 bits per heavy atom. The fourth-order valence-corrected chi connectivity index (χ4v) is 5.09. The van der Waals surface area contributed by atoms with Crippen molar-refractivity contribution in [2.75, 3.05) is 5.32 Å². The maximum atomic E-state index is 13.8. The molecule has 32 heavy (non-hydrogen) atoms. The first-order valence-electron chi connectivity index (χ1n) is 9.60. The normalized spacial score (nSPS) is 11.6. The zero-order chi connectivity index (χ0) is 23.0. The number of anilines is 2. The third kappa shape index (κ3) is 3.92. The predicted octanol–water partition coefficient (Wildman–Crippen LogP) is 3.79. The number of carboxylic acids is 1. The van der Waals surface area contributed by atoms with E-state index in [4.69, 9.17) is 0 Å². The molecule has 0 aliphatic heterocycles. The minimum atomic E-state index is -4.13. The van der Waals surface area contributed by atoms with Crippen LogP contribution in [0.2, 0.25) is 0 Å². The average molecular weight is 454 g/mol. The number of aromatic nitrogens is 3. The highest BCUT2D eigenvalue weighted by atomic mass is 32.2. The first-order chi connectivity index (χ1) is 15.2. The molecule has 0 unspecified atom stereocenters. The second-order valence-electron chi connectivity index (χ2n) is 7.23. The Hall–Kier alpha value is -3.79. The summed E-state index contributed by atoms with van der Waals surface area (Å²) in [5.41, 5.74) is 1.47. The van der Waals surface area contributed by atoms with E-state index in [1.807, 2.05) is 19.1 Å². The molecule has 0 atom stereocenters. The van der Waals surface area contributed by atoms with Crippen LogP contribution in [0.25, 0.3) is 10.9 Å². The molecule has 164 valence electrons. The van der Waals surface area contributed by atoms with Crippen molar-refractivity contribution in [2.45, 2.75) is 25.2 Å². The molecule has 10 heteroatoms. The van der Waals surface area contributed by atoms with E-state index in [9.17, 15) is 22.7 Å². The van der Waals surface area contributed by atoms with Gasteiger partial charge in [-0.1, -0.05) is 6.07 Å². The highest BCUT2D eigenvalue weighted by molar-refractivity contribution is 7.90. The molecular formula is C22H19FN4O4S. The van der Waals surface area contributed by atoms with Crippen molar-refractivity contribution >= 4 is 38.5 Å². The fraction of sp³-hybridized carbons (Fsp3) is 0.136. The van der Waals surface area contributed by atoms with Crippen LogP contribution in [0.4, 0.5) is 16.0 Å². The molecule has 0 radical (unpaired) electrons. The predicted molar refractivity (Wildman–Crippen MR) is 117 cm³/mol. The van der Waals surface area contributed by atoms with Crippen LogP contribution in [0.15, 0.2) is 59.6 Å². The van der Waals surface area contributed by atoms with Crippen LogP contribution in [-0.4, -0.2) is 33.4 Å². The number of aliphatic carboxylic acids is 1. The number of benzene rings is 1. The van der Waals surface area contributed by atoms with E-state index in [1.54, 1.807) is 6.07 Å². The second-order valence-corrected chi connectivity index (χ2v) is 9.02. The van der Waals surface area contributed by atoms with E-state index in [2.05, 4.69) is 15.3 Å². The van der Waals surface area contributed by atoms with Gasteiger partial charge in [-0.05, 0) is 61.9 Å².